The Bertz CT molecular complexity index is 222. The predicted octanol–water partition coefficient (Wildman–Crippen LogP) is 0.587. The van der Waals surface area contributed by atoms with Crippen molar-refractivity contribution in [3.8, 4) is 0 Å². The van der Waals surface area contributed by atoms with Crippen molar-refractivity contribution < 1.29 is 9.53 Å². The first-order valence-electron chi connectivity index (χ1n) is 6.71. The highest BCUT2D eigenvalue weighted by atomic mass is 16.5. The largest absolute Gasteiger partial charge is 0.385 e. The van der Waals surface area contributed by atoms with E-state index in [0.29, 0.717) is 25.6 Å². The van der Waals surface area contributed by atoms with E-state index in [1.165, 1.54) is 0 Å². The van der Waals surface area contributed by atoms with Gasteiger partial charge in [-0.1, -0.05) is 0 Å². The molecule has 18 heavy (non-hydrogen) atoms. The lowest BCUT2D eigenvalue weighted by atomic mass is 10.2. The third-order valence-electron chi connectivity index (χ3n) is 3.09. The van der Waals surface area contributed by atoms with Crippen LogP contribution < -0.4 is 11.1 Å². The van der Waals surface area contributed by atoms with Gasteiger partial charge in [0.25, 0.3) is 0 Å². The molecular weight excluding hydrogens is 230 g/mol. The van der Waals surface area contributed by atoms with E-state index in [1.54, 1.807) is 7.11 Å². The minimum absolute atomic E-state index is 0.0794. The molecule has 0 radical (unpaired) electrons. The molecule has 0 aromatic heterocycles. The summed E-state index contributed by atoms with van der Waals surface area (Å²) in [7, 11) is 3.72. The van der Waals surface area contributed by atoms with Gasteiger partial charge in [0.15, 0.2) is 0 Å². The normalized spacial score (nSPS) is 13.1. The fourth-order valence-electron chi connectivity index (χ4n) is 1.46. The van der Waals surface area contributed by atoms with Crippen molar-refractivity contribution in [1.29, 1.82) is 0 Å². The van der Waals surface area contributed by atoms with Crippen molar-refractivity contribution in [3.05, 3.63) is 0 Å². The maximum absolute atomic E-state index is 11.6. The first-order valence-corrected chi connectivity index (χ1v) is 6.71. The van der Waals surface area contributed by atoms with Crippen LogP contribution in [0, 0.1) is 0 Å². The van der Waals surface area contributed by atoms with Crippen LogP contribution in [-0.4, -0.2) is 56.7 Å². The molecule has 1 amide bonds. The second-order valence-electron chi connectivity index (χ2n) is 4.96. The van der Waals surface area contributed by atoms with Gasteiger partial charge in [0, 0.05) is 26.3 Å². The Morgan fingerprint density at radius 3 is 2.61 bits per heavy atom. The van der Waals surface area contributed by atoms with Crippen molar-refractivity contribution in [1.82, 2.24) is 10.2 Å². The molecule has 0 aliphatic heterocycles. The molecule has 0 heterocycles. The van der Waals surface area contributed by atoms with E-state index in [2.05, 4.69) is 31.1 Å². The van der Waals surface area contributed by atoms with Crippen LogP contribution in [0.15, 0.2) is 0 Å². The average Bonchev–Trinajstić information content (AvgIpc) is 2.34. The number of carbonyl (C=O) groups is 1. The summed E-state index contributed by atoms with van der Waals surface area (Å²) in [5.74, 6) is -0.0794. The first-order chi connectivity index (χ1) is 8.49. The Kier molecular flexibility index (Phi) is 9.92. The van der Waals surface area contributed by atoms with Crippen LogP contribution in [-0.2, 0) is 9.53 Å². The Balaban J connectivity index is 3.51. The van der Waals surface area contributed by atoms with Gasteiger partial charge in [-0.05, 0) is 46.7 Å². The summed E-state index contributed by atoms with van der Waals surface area (Å²) < 4.78 is 4.89. The summed E-state index contributed by atoms with van der Waals surface area (Å²) in [6.45, 7) is 6.63. The Hall–Kier alpha value is -0.650. The van der Waals surface area contributed by atoms with Crippen LogP contribution in [0.3, 0.4) is 0 Å². The van der Waals surface area contributed by atoms with Crippen LogP contribution in [0.5, 0.6) is 0 Å². The summed E-state index contributed by atoms with van der Waals surface area (Å²) in [5, 5.41) is 2.86. The van der Waals surface area contributed by atoms with Gasteiger partial charge in [0.2, 0.25) is 5.91 Å². The highest BCUT2D eigenvalue weighted by Crippen LogP contribution is 1.97. The molecule has 0 saturated carbocycles. The molecule has 0 aliphatic rings. The van der Waals surface area contributed by atoms with E-state index in [4.69, 9.17) is 10.5 Å². The maximum atomic E-state index is 11.6. The molecule has 0 fully saturated rings. The second kappa shape index (κ2) is 10.3. The van der Waals surface area contributed by atoms with E-state index in [9.17, 15) is 4.79 Å². The smallest absolute Gasteiger partial charge is 0.237 e. The summed E-state index contributed by atoms with van der Waals surface area (Å²) >= 11 is 0. The summed E-state index contributed by atoms with van der Waals surface area (Å²) in [4.78, 5) is 13.8. The molecule has 5 nitrogen and oxygen atoms in total. The van der Waals surface area contributed by atoms with E-state index in [-0.39, 0.29) is 5.91 Å². The highest BCUT2D eigenvalue weighted by Gasteiger charge is 2.11. The van der Waals surface area contributed by atoms with Gasteiger partial charge in [0.1, 0.15) is 0 Å². The quantitative estimate of drug-likeness (QED) is 0.563. The van der Waals surface area contributed by atoms with Gasteiger partial charge >= 0.3 is 0 Å². The molecule has 1 unspecified atom stereocenters. The minimum atomic E-state index is -0.455. The lowest BCUT2D eigenvalue weighted by Gasteiger charge is -2.20. The van der Waals surface area contributed by atoms with Crippen molar-refractivity contribution in [3.63, 3.8) is 0 Å². The highest BCUT2D eigenvalue weighted by molar-refractivity contribution is 5.81. The number of carbonyl (C=O) groups excluding carboxylic acids is 1. The number of amides is 1. The topological polar surface area (TPSA) is 67.6 Å². The molecule has 0 bridgehead atoms. The van der Waals surface area contributed by atoms with Crippen molar-refractivity contribution >= 4 is 5.91 Å². The number of unbranched alkanes of at least 4 members (excludes halogenated alkanes) is 1. The molecule has 0 rings (SSSR count). The minimum Gasteiger partial charge on any atom is -0.385 e. The van der Waals surface area contributed by atoms with Crippen LogP contribution in [0.4, 0.5) is 0 Å². The van der Waals surface area contributed by atoms with Gasteiger partial charge < -0.3 is 20.7 Å². The van der Waals surface area contributed by atoms with Crippen molar-refractivity contribution in [2.75, 3.05) is 33.9 Å². The maximum Gasteiger partial charge on any atom is 0.237 e. The second-order valence-corrected chi connectivity index (χ2v) is 4.96. The molecule has 108 valence electrons. The number of nitrogens with one attached hydrogen (secondary N) is 1. The summed E-state index contributed by atoms with van der Waals surface area (Å²) in [6, 6.07) is 0.116. The average molecular weight is 259 g/mol. The van der Waals surface area contributed by atoms with Crippen LogP contribution in [0.1, 0.15) is 33.1 Å². The molecule has 0 spiro atoms. The number of nitrogens with zero attached hydrogens (tertiary/aromatic N) is 1. The third-order valence-corrected chi connectivity index (χ3v) is 3.09. The fraction of sp³-hybridized carbons (Fsp3) is 0.923. The molecule has 0 aliphatic carbocycles. The zero-order chi connectivity index (χ0) is 14.0. The Morgan fingerprint density at radius 2 is 2.06 bits per heavy atom. The standard InChI is InChI=1S/C13H29N3O2/c1-11(2)16(3)9-6-5-8-15-13(17)12(14)7-10-18-4/h11-12H,5-10,14H2,1-4H3,(H,15,17). The van der Waals surface area contributed by atoms with E-state index in [0.717, 1.165) is 19.4 Å². The van der Waals surface area contributed by atoms with Crippen LogP contribution in [0.2, 0.25) is 0 Å². The number of methoxy groups -OCH3 is 1. The molecule has 0 aromatic carbocycles. The zero-order valence-corrected chi connectivity index (χ0v) is 12.2. The van der Waals surface area contributed by atoms with Gasteiger partial charge in [-0.3, -0.25) is 4.79 Å². The molecule has 3 N–H and O–H groups in total. The third kappa shape index (κ3) is 8.44. The lowest BCUT2D eigenvalue weighted by molar-refractivity contribution is -0.122. The van der Waals surface area contributed by atoms with Crippen molar-refractivity contribution in [2.45, 2.75) is 45.2 Å². The monoisotopic (exact) mass is 259 g/mol. The van der Waals surface area contributed by atoms with E-state index in [1.807, 2.05) is 0 Å². The zero-order valence-electron chi connectivity index (χ0n) is 12.2. The van der Waals surface area contributed by atoms with Crippen molar-refractivity contribution in [2.24, 2.45) is 5.73 Å². The Labute approximate surface area is 111 Å². The van der Waals surface area contributed by atoms with Gasteiger partial charge in [-0.25, -0.2) is 0 Å². The molecule has 0 aromatic rings. The number of hydrogen-bond acceptors (Lipinski definition) is 4. The van der Waals surface area contributed by atoms with Gasteiger partial charge in [0.05, 0.1) is 6.04 Å². The number of hydrogen-bond donors (Lipinski definition) is 2. The fourth-order valence-corrected chi connectivity index (χ4v) is 1.46. The van der Waals surface area contributed by atoms with Gasteiger partial charge in [-0.2, -0.15) is 0 Å². The van der Waals surface area contributed by atoms with Crippen LogP contribution >= 0.6 is 0 Å². The molecule has 0 saturated heterocycles. The number of ether oxygens (including phenoxy) is 1. The van der Waals surface area contributed by atoms with Crippen LogP contribution in [0.25, 0.3) is 0 Å². The lowest BCUT2D eigenvalue weighted by Crippen LogP contribution is -2.41. The molecule has 5 heteroatoms. The SMILES string of the molecule is COCCC(N)C(=O)NCCCCN(C)C(C)C. The first kappa shape index (κ1) is 17.4. The number of rotatable bonds is 10. The number of nitrogens with two attached hydrogens (primary N) is 1. The summed E-state index contributed by atoms with van der Waals surface area (Å²) in [6.07, 6.45) is 2.64. The predicted molar refractivity (Wildman–Crippen MR) is 74.5 cm³/mol. The van der Waals surface area contributed by atoms with E-state index < -0.39 is 6.04 Å². The molecular formula is C13H29N3O2. The van der Waals surface area contributed by atoms with E-state index >= 15 is 0 Å². The summed E-state index contributed by atoms with van der Waals surface area (Å²) in [5.41, 5.74) is 5.71. The molecule has 1 atom stereocenters. The van der Waals surface area contributed by atoms with Gasteiger partial charge in [-0.15, -0.1) is 0 Å². The Morgan fingerprint density at radius 1 is 1.39 bits per heavy atom.